The molecule has 43 heavy (non-hydrogen) atoms. The summed E-state index contributed by atoms with van der Waals surface area (Å²) in [6.07, 6.45) is 1.08. The van der Waals surface area contributed by atoms with Gasteiger partial charge in [-0.3, -0.25) is 0 Å². The quantitative estimate of drug-likeness (QED) is 0.212. The fourth-order valence-corrected chi connectivity index (χ4v) is 7.14. The van der Waals surface area contributed by atoms with Crippen LogP contribution in [0.25, 0.3) is 76.9 Å². The van der Waals surface area contributed by atoms with Crippen LogP contribution in [0.4, 0.5) is 0 Å². The zero-order valence-corrected chi connectivity index (χ0v) is 24.2. The normalized spacial score (nSPS) is 12.3. The fraction of sp³-hybridized carbons (Fsp3) is 0.100. The van der Waals surface area contributed by atoms with E-state index in [1.807, 2.05) is 6.07 Å². The van der Waals surface area contributed by atoms with E-state index in [2.05, 4.69) is 144 Å². The van der Waals surface area contributed by atoms with Crippen LogP contribution in [0.15, 0.2) is 132 Å². The second-order valence-corrected chi connectivity index (χ2v) is 12.1. The SMILES string of the molecule is CC(C)Cc1ccc(-n2c3ccc(-n4c5ccccc5c5ccccc54)cc3c3c4oc5ccccc5c4ccc32)cc1. The van der Waals surface area contributed by atoms with Gasteiger partial charge in [0.2, 0.25) is 0 Å². The number of furan rings is 1. The predicted octanol–water partition coefficient (Wildman–Crippen LogP) is 11.0. The first-order chi connectivity index (χ1) is 21.2. The molecule has 3 heteroatoms. The summed E-state index contributed by atoms with van der Waals surface area (Å²) in [6, 6.07) is 46.2. The maximum absolute atomic E-state index is 6.64. The Balaban J connectivity index is 1.39. The Bertz CT molecular complexity index is 2450. The molecule has 0 spiro atoms. The van der Waals surface area contributed by atoms with E-state index in [4.69, 9.17) is 4.42 Å². The van der Waals surface area contributed by atoms with Crippen molar-refractivity contribution in [3.8, 4) is 11.4 Å². The molecule has 0 unspecified atom stereocenters. The maximum atomic E-state index is 6.64. The van der Waals surface area contributed by atoms with E-state index in [1.54, 1.807) is 0 Å². The Hall–Kier alpha value is -5.28. The third-order valence-corrected chi connectivity index (χ3v) is 8.93. The first-order valence-electron chi connectivity index (χ1n) is 15.1. The number of aromatic nitrogens is 2. The molecule has 0 aliphatic carbocycles. The van der Waals surface area contributed by atoms with E-state index in [-0.39, 0.29) is 0 Å². The van der Waals surface area contributed by atoms with Gasteiger partial charge in [-0.15, -0.1) is 0 Å². The summed E-state index contributed by atoms with van der Waals surface area (Å²) in [5.41, 5.74) is 10.3. The highest BCUT2D eigenvalue weighted by atomic mass is 16.3. The topological polar surface area (TPSA) is 23.0 Å². The fourth-order valence-electron chi connectivity index (χ4n) is 7.14. The molecule has 0 saturated carbocycles. The van der Waals surface area contributed by atoms with Crippen LogP contribution >= 0.6 is 0 Å². The molecule has 0 bridgehead atoms. The third-order valence-electron chi connectivity index (χ3n) is 8.93. The minimum Gasteiger partial charge on any atom is -0.455 e. The van der Waals surface area contributed by atoms with Gasteiger partial charge in [-0.2, -0.15) is 0 Å². The molecule has 0 aliphatic heterocycles. The predicted molar refractivity (Wildman–Crippen MR) is 181 cm³/mol. The van der Waals surface area contributed by atoms with Gasteiger partial charge in [0.15, 0.2) is 0 Å². The van der Waals surface area contributed by atoms with Gasteiger partial charge in [0.1, 0.15) is 11.2 Å². The summed E-state index contributed by atoms with van der Waals surface area (Å²) < 4.78 is 11.4. The Kier molecular flexibility index (Phi) is 5.15. The van der Waals surface area contributed by atoms with Crippen LogP contribution < -0.4 is 0 Å². The zero-order valence-electron chi connectivity index (χ0n) is 24.2. The van der Waals surface area contributed by atoms with E-state index >= 15 is 0 Å². The van der Waals surface area contributed by atoms with Crippen molar-refractivity contribution in [3.05, 3.63) is 133 Å². The summed E-state index contributed by atoms with van der Waals surface area (Å²) >= 11 is 0. The van der Waals surface area contributed by atoms with E-state index in [0.717, 1.165) is 50.6 Å². The van der Waals surface area contributed by atoms with Crippen molar-refractivity contribution in [2.75, 3.05) is 0 Å². The van der Waals surface area contributed by atoms with Gasteiger partial charge in [-0.05, 0) is 78.6 Å². The van der Waals surface area contributed by atoms with Crippen LogP contribution in [0.5, 0.6) is 0 Å². The lowest BCUT2D eigenvalue weighted by Gasteiger charge is -2.11. The first kappa shape index (κ1) is 24.3. The van der Waals surface area contributed by atoms with Crippen molar-refractivity contribution in [1.29, 1.82) is 0 Å². The summed E-state index contributed by atoms with van der Waals surface area (Å²) in [7, 11) is 0. The van der Waals surface area contributed by atoms with Crippen LogP contribution in [-0.4, -0.2) is 9.13 Å². The number of rotatable bonds is 4. The van der Waals surface area contributed by atoms with E-state index in [9.17, 15) is 0 Å². The number of hydrogen-bond acceptors (Lipinski definition) is 1. The van der Waals surface area contributed by atoms with E-state index in [0.29, 0.717) is 5.92 Å². The lowest BCUT2D eigenvalue weighted by molar-refractivity contribution is 0.647. The maximum Gasteiger partial charge on any atom is 0.145 e. The summed E-state index contributed by atoms with van der Waals surface area (Å²) in [5.74, 6) is 0.625. The van der Waals surface area contributed by atoms with Crippen molar-refractivity contribution < 1.29 is 4.42 Å². The minimum atomic E-state index is 0.625. The van der Waals surface area contributed by atoms with E-state index < -0.39 is 0 Å². The first-order valence-corrected chi connectivity index (χ1v) is 15.1. The lowest BCUT2D eigenvalue weighted by Crippen LogP contribution is -1.97. The second-order valence-electron chi connectivity index (χ2n) is 12.1. The summed E-state index contributed by atoms with van der Waals surface area (Å²) in [6.45, 7) is 4.54. The van der Waals surface area contributed by atoms with Crippen molar-refractivity contribution in [1.82, 2.24) is 9.13 Å². The molecule has 0 aliphatic rings. The number of fused-ring (bicyclic) bond motifs is 10. The molecule has 3 aromatic heterocycles. The van der Waals surface area contributed by atoms with E-state index in [1.165, 1.54) is 38.3 Å². The van der Waals surface area contributed by atoms with Crippen molar-refractivity contribution in [3.63, 3.8) is 0 Å². The summed E-state index contributed by atoms with van der Waals surface area (Å²) in [5, 5.41) is 7.17. The lowest BCUT2D eigenvalue weighted by atomic mass is 10.0. The third kappa shape index (κ3) is 3.55. The minimum absolute atomic E-state index is 0.625. The van der Waals surface area contributed by atoms with Crippen LogP contribution in [0.1, 0.15) is 19.4 Å². The highest BCUT2D eigenvalue weighted by molar-refractivity contribution is 6.24. The average molecular weight is 555 g/mol. The molecule has 0 radical (unpaired) electrons. The molecule has 3 nitrogen and oxygen atoms in total. The van der Waals surface area contributed by atoms with Crippen molar-refractivity contribution >= 4 is 65.6 Å². The van der Waals surface area contributed by atoms with Gasteiger partial charge in [0.05, 0.1) is 27.5 Å². The zero-order chi connectivity index (χ0) is 28.7. The standard InChI is InChI=1S/C40H30N2O/c1-25(2)23-26-15-17-27(18-16-26)41-36-21-19-28(42-34-12-6-3-9-29(34)30-10-4-7-13-35(30)42)24-33(36)39-37(41)22-20-32-31-11-5-8-14-38(31)43-40(32)39/h3-22,24-25H,23H2,1-2H3. The molecule has 0 amide bonds. The number of para-hydroxylation sites is 3. The molecule has 0 saturated heterocycles. The van der Waals surface area contributed by atoms with Crippen LogP contribution in [0, 0.1) is 5.92 Å². The highest BCUT2D eigenvalue weighted by Crippen LogP contribution is 2.42. The Morgan fingerprint density at radius 1 is 0.512 bits per heavy atom. The van der Waals surface area contributed by atoms with Crippen LogP contribution in [-0.2, 0) is 6.42 Å². The largest absolute Gasteiger partial charge is 0.455 e. The molecule has 0 N–H and O–H groups in total. The number of nitrogens with zero attached hydrogens (tertiary/aromatic N) is 2. The summed E-state index contributed by atoms with van der Waals surface area (Å²) in [4.78, 5) is 0. The second kappa shape index (κ2) is 9.11. The van der Waals surface area contributed by atoms with Gasteiger partial charge in [-0.25, -0.2) is 0 Å². The Morgan fingerprint density at radius 3 is 1.81 bits per heavy atom. The number of benzene rings is 6. The molecule has 9 rings (SSSR count). The Morgan fingerprint density at radius 2 is 1.09 bits per heavy atom. The molecule has 3 heterocycles. The van der Waals surface area contributed by atoms with Gasteiger partial charge in [-0.1, -0.05) is 80.6 Å². The monoisotopic (exact) mass is 554 g/mol. The van der Waals surface area contributed by atoms with Gasteiger partial charge < -0.3 is 13.6 Å². The highest BCUT2D eigenvalue weighted by Gasteiger charge is 2.20. The Labute approximate surface area is 249 Å². The van der Waals surface area contributed by atoms with Gasteiger partial charge in [0, 0.05) is 38.3 Å². The van der Waals surface area contributed by atoms with Gasteiger partial charge >= 0.3 is 0 Å². The molecular formula is C40H30N2O. The van der Waals surface area contributed by atoms with Crippen LogP contribution in [0.2, 0.25) is 0 Å². The molecule has 9 aromatic rings. The molecule has 206 valence electrons. The molecule has 6 aromatic carbocycles. The van der Waals surface area contributed by atoms with Crippen molar-refractivity contribution in [2.45, 2.75) is 20.3 Å². The average Bonchev–Trinajstić information content (AvgIpc) is 3.68. The van der Waals surface area contributed by atoms with Crippen molar-refractivity contribution in [2.24, 2.45) is 5.92 Å². The van der Waals surface area contributed by atoms with Gasteiger partial charge in [0.25, 0.3) is 0 Å². The smallest absolute Gasteiger partial charge is 0.145 e. The van der Waals surface area contributed by atoms with Crippen LogP contribution in [0.3, 0.4) is 0 Å². The number of hydrogen-bond donors (Lipinski definition) is 0. The molecular weight excluding hydrogens is 524 g/mol. The molecule has 0 atom stereocenters. The molecule has 0 fully saturated rings.